The molecule has 1 heterocycles. The zero-order valence-electron chi connectivity index (χ0n) is 10.6. The molecular weight excluding hydrogens is 240 g/mol. The van der Waals surface area contributed by atoms with E-state index in [1.165, 1.54) is 0 Å². The quantitative estimate of drug-likeness (QED) is 0.775. The van der Waals surface area contributed by atoms with Crippen LogP contribution >= 0.6 is 0 Å². The van der Waals surface area contributed by atoms with Crippen LogP contribution < -0.4 is 10.1 Å². The maximum absolute atomic E-state index is 5.73. The number of hydrogen-bond acceptors (Lipinski definition) is 4. The molecule has 1 N–H and O–H groups in total. The maximum Gasteiger partial charge on any atom is 0.400 e. The topological polar surface area (TPSA) is 47.3 Å². The first-order chi connectivity index (χ1) is 9.36. The molecule has 0 aliphatic heterocycles. The van der Waals surface area contributed by atoms with E-state index in [9.17, 15) is 0 Å². The number of para-hydroxylation sites is 3. The molecule has 3 aromatic rings. The van der Waals surface area contributed by atoms with Gasteiger partial charge in [-0.2, -0.15) is 4.98 Å². The van der Waals surface area contributed by atoms with E-state index in [0.29, 0.717) is 0 Å². The highest BCUT2D eigenvalue weighted by molar-refractivity contribution is 5.72. The third-order valence-electron chi connectivity index (χ3n) is 2.81. The number of benzene rings is 2. The molecule has 96 valence electrons. The van der Waals surface area contributed by atoms with Crippen molar-refractivity contribution in [2.75, 3.05) is 7.05 Å². The Morgan fingerprint density at radius 3 is 2.74 bits per heavy atom. The lowest BCUT2D eigenvalue weighted by molar-refractivity contribution is 0.340. The minimum atomic E-state index is 0.268. The van der Waals surface area contributed by atoms with Gasteiger partial charge in [-0.25, -0.2) is 0 Å². The maximum atomic E-state index is 5.73. The van der Waals surface area contributed by atoms with Crippen molar-refractivity contribution < 1.29 is 9.15 Å². The summed E-state index contributed by atoms with van der Waals surface area (Å²) in [6.45, 7) is 0.733. The molecule has 0 saturated heterocycles. The van der Waals surface area contributed by atoms with E-state index in [1.807, 2.05) is 55.6 Å². The Morgan fingerprint density at radius 2 is 1.89 bits per heavy atom. The van der Waals surface area contributed by atoms with Crippen molar-refractivity contribution in [1.29, 1.82) is 0 Å². The van der Waals surface area contributed by atoms with E-state index in [-0.39, 0.29) is 6.08 Å². The Bertz CT molecular complexity index is 658. The van der Waals surface area contributed by atoms with Crippen LogP contribution in [0.15, 0.2) is 52.9 Å². The fourth-order valence-electron chi connectivity index (χ4n) is 1.93. The summed E-state index contributed by atoms with van der Waals surface area (Å²) in [6.07, 6.45) is 0.268. The average molecular weight is 254 g/mol. The van der Waals surface area contributed by atoms with Crippen LogP contribution in [0.3, 0.4) is 0 Å². The lowest BCUT2D eigenvalue weighted by atomic mass is 10.2. The summed E-state index contributed by atoms with van der Waals surface area (Å²) >= 11 is 0. The van der Waals surface area contributed by atoms with Crippen LogP contribution in [-0.2, 0) is 6.54 Å². The molecule has 0 aliphatic rings. The molecule has 0 unspecified atom stereocenters. The van der Waals surface area contributed by atoms with Crippen LogP contribution in [0.5, 0.6) is 11.8 Å². The van der Waals surface area contributed by atoms with E-state index < -0.39 is 0 Å². The van der Waals surface area contributed by atoms with Crippen molar-refractivity contribution in [2.24, 2.45) is 0 Å². The van der Waals surface area contributed by atoms with Crippen LogP contribution in [0, 0.1) is 0 Å². The number of nitrogens with one attached hydrogen (secondary N) is 1. The van der Waals surface area contributed by atoms with Crippen molar-refractivity contribution in [3.63, 3.8) is 0 Å². The predicted molar refractivity (Wildman–Crippen MR) is 73.3 cm³/mol. The monoisotopic (exact) mass is 254 g/mol. The van der Waals surface area contributed by atoms with Crippen molar-refractivity contribution in [3.05, 3.63) is 54.1 Å². The molecule has 0 atom stereocenters. The van der Waals surface area contributed by atoms with Crippen molar-refractivity contribution in [1.82, 2.24) is 10.3 Å². The number of oxazole rings is 1. The van der Waals surface area contributed by atoms with Gasteiger partial charge in [0.1, 0.15) is 11.3 Å². The number of rotatable bonds is 4. The van der Waals surface area contributed by atoms with Gasteiger partial charge >= 0.3 is 6.08 Å². The van der Waals surface area contributed by atoms with E-state index in [1.54, 1.807) is 0 Å². The number of aromatic nitrogens is 1. The highest BCUT2D eigenvalue weighted by atomic mass is 16.6. The SMILES string of the molecule is CNCc1ccccc1Oc1nc2ccccc2o1. The van der Waals surface area contributed by atoms with Gasteiger partial charge < -0.3 is 14.5 Å². The molecule has 19 heavy (non-hydrogen) atoms. The molecule has 4 nitrogen and oxygen atoms in total. The van der Waals surface area contributed by atoms with Crippen molar-refractivity contribution >= 4 is 11.1 Å². The zero-order valence-corrected chi connectivity index (χ0v) is 10.6. The lowest BCUT2D eigenvalue weighted by Gasteiger charge is -2.07. The molecule has 1 aromatic heterocycles. The van der Waals surface area contributed by atoms with Gasteiger partial charge in [0.2, 0.25) is 0 Å². The van der Waals surface area contributed by atoms with Gasteiger partial charge in [0.25, 0.3) is 0 Å². The third-order valence-corrected chi connectivity index (χ3v) is 2.81. The van der Waals surface area contributed by atoms with Gasteiger partial charge in [0.15, 0.2) is 5.58 Å². The molecule has 0 radical (unpaired) electrons. The minimum absolute atomic E-state index is 0.268. The first-order valence-corrected chi connectivity index (χ1v) is 6.13. The fourth-order valence-corrected chi connectivity index (χ4v) is 1.93. The van der Waals surface area contributed by atoms with Crippen LogP contribution in [0.25, 0.3) is 11.1 Å². The van der Waals surface area contributed by atoms with Gasteiger partial charge in [-0.3, -0.25) is 0 Å². The minimum Gasteiger partial charge on any atom is -0.411 e. The van der Waals surface area contributed by atoms with Gasteiger partial charge in [-0.1, -0.05) is 30.3 Å². The molecule has 4 heteroatoms. The summed E-state index contributed by atoms with van der Waals surface area (Å²) in [5.41, 5.74) is 2.58. The van der Waals surface area contributed by atoms with E-state index in [2.05, 4.69) is 10.3 Å². The second-order valence-corrected chi connectivity index (χ2v) is 4.19. The average Bonchev–Trinajstić information content (AvgIpc) is 2.83. The molecule has 0 saturated carbocycles. The summed E-state index contributed by atoms with van der Waals surface area (Å²) in [4.78, 5) is 4.30. The zero-order chi connectivity index (χ0) is 13.1. The van der Waals surface area contributed by atoms with Gasteiger partial charge in [-0.15, -0.1) is 0 Å². The second-order valence-electron chi connectivity index (χ2n) is 4.19. The smallest absolute Gasteiger partial charge is 0.400 e. The molecule has 2 aromatic carbocycles. The molecule has 3 rings (SSSR count). The molecular formula is C15H14N2O2. The second kappa shape index (κ2) is 5.12. The summed E-state index contributed by atoms with van der Waals surface area (Å²) in [5.74, 6) is 0.753. The van der Waals surface area contributed by atoms with E-state index in [4.69, 9.17) is 9.15 Å². The number of hydrogen-bond donors (Lipinski definition) is 1. The highest BCUT2D eigenvalue weighted by Crippen LogP contribution is 2.27. The normalized spacial score (nSPS) is 10.8. The first kappa shape index (κ1) is 11.7. The molecule has 0 fully saturated rings. The number of ether oxygens (including phenoxy) is 1. The third kappa shape index (κ3) is 2.44. The van der Waals surface area contributed by atoms with Crippen molar-refractivity contribution in [2.45, 2.75) is 6.54 Å². The molecule has 0 aliphatic carbocycles. The largest absolute Gasteiger partial charge is 0.411 e. The molecule has 0 spiro atoms. The highest BCUT2D eigenvalue weighted by Gasteiger charge is 2.09. The van der Waals surface area contributed by atoms with Gasteiger partial charge in [0, 0.05) is 12.1 Å². The Morgan fingerprint density at radius 1 is 1.11 bits per heavy atom. The standard InChI is InChI=1S/C15H14N2O2/c1-16-10-11-6-2-4-8-13(11)18-15-17-12-7-3-5-9-14(12)19-15/h2-9,16H,10H2,1H3. The van der Waals surface area contributed by atoms with E-state index in [0.717, 1.165) is 29.0 Å². The molecule has 0 bridgehead atoms. The summed E-state index contributed by atoms with van der Waals surface area (Å²) < 4.78 is 11.3. The first-order valence-electron chi connectivity index (χ1n) is 6.13. The Labute approximate surface area is 111 Å². The van der Waals surface area contributed by atoms with Crippen LogP contribution in [0.1, 0.15) is 5.56 Å². The van der Waals surface area contributed by atoms with E-state index >= 15 is 0 Å². The predicted octanol–water partition coefficient (Wildman–Crippen LogP) is 3.34. The Hall–Kier alpha value is -2.33. The number of fused-ring (bicyclic) bond motifs is 1. The van der Waals surface area contributed by atoms with Crippen molar-refractivity contribution in [3.8, 4) is 11.8 Å². The van der Waals surface area contributed by atoms with Crippen LogP contribution in [-0.4, -0.2) is 12.0 Å². The number of nitrogens with zero attached hydrogens (tertiary/aromatic N) is 1. The van der Waals surface area contributed by atoms with Gasteiger partial charge in [-0.05, 0) is 25.2 Å². The van der Waals surface area contributed by atoms with Crippen LogP contribution in [0.4, 0.5) is 0 Å². The van der Waals surface area contributed by atoms with Gasteiger partial charge in [0.05, 0.1) is 0 Å². The lowest BCUT2D eigenvalue weighted by Crippen LogP contribution is -2.06. The summed E-state index contributed by atoms with van der Waals surface area (Å²) in [7, 11) is 1.90. The summed E-state index contributed by atoms with van der Waals surface area (Å²) in [6, 6.07) is 15.4. The Balaban J connectivity index is 1.92. The fraction of sp³-hybridized carbons (Fsp3) is 0.133. The Kier molecular flexibility index (Phi) is 3.16. The molecule has 0 amide bonds. The van der Waals surface area contributed by atoms with Crippen LogP contribution in [0.2, 0.25) is 0 Å². The summed E-state index contributed by atoms with van der Waals surface area (Å²) in [5, 5.41) is 3.11.